The van der Waals surface area contributed by atoms with Crippen LogP contribution in [0.3, 0.4) is 0 Å². The molecule has 7 heteroatoms. The number of aromatic nitrogens is 3. The summed E-state index contributed by atoms with van der Waals surface area (Å²) >= 11 is 0. The van der Waals surface area contributed by atoms with E-state index in [4.69, 9.17) is 0 Å². The Bertz CT molecular complexity index is 733. The summed E-state index contributed by atoms with van der Waals surface area (Å²) in [5.41, 5.74) is 0.696. The summed E-state index contributed by atoms with van der Waals surface area (Å²) in [6.07, 6.45) is 4.89. The van der Waals surface area contributed by atoms with E-state index in [0.717, 1.165) is 42.6 Å². The molecule has 1 N–H and O–H groups in total. The first-order valence-corrected chi connectivity index (χ1v) is 9.36. The predicted molar refractivity (Wildman–Crippen MR) is 100 cm³/mol. The molecule has 0 aromatic carbocycles. The highest BCUT2D eigenvalue weighted by molar-refractivity contribution is 7.16. The van der Waals surface area contributed by atoms with Crippen molar-refractivity contribution in [1.29, 1.82) is 0 Å². The van der Waals surface area contributed by atoms with Crippen LogP contribution in [-0.2, 0) is 4.79 Å². The van der Waals surface area contributed by atoms with Gasteiger partial charge in [-0.05, 0) is 32.0 Å². The first-order valence-electron chi connectivity index (χ1n) is 8.54. The number of rotatable bonds is 6. The number of likely N-dealkylation sites (N-methyl/N-ethyl adjacent to an activating group) is 1. The SMILES string of the molecule is CCN(C[C@@]1(C)[C@@H](C)CN1C(=O)CCP)c1ncnc2[nH]ccc12. The van der Waals surface area contributed by atoms with Crippen molar-refractivity contribution in [2.45, 2.75) is 32.7 Å². The second-order valence-corrected chi connectivity index (χ2v) is 7.33. The van der Waals surface area contributed by atoms with Gasteiger partial charge >= 0.3 is 0 Å². The minimum atomic E-state index is -0.152. The number of likely N-dealkylation sites (tertiary alicyclic amines) is 1. The van der Waals surface area contributed by atoms with Crippen LogP contribution in [0.1, 0.15) is 27.2 Å². The zero-order valence-corrected chi connectivity index (χ0v) is 15.8. The Hall–Kier alpha value is -1.68. The average molecular weight is 347 g/mol. The number of carbonyl (C=O) groups excluding carboxylic acids is 1. The van der Waals surface area contributed by atoms with Gasteiger partial charge in [-0.3, -0.25) is 4.79 Å². The molecule has 3 rings (SSSR count). The maximum absolute atomic E-state index is 12.4. The molecule has 0 bridgehead atoms. The fourth-order valence-corrected chi connectivity index (χ4v) is 3.80. The van der Waals surface area contributed by atoms with E-state index >= 15 is 0 Å². The van der Waals surface area contributed by atoms with E-state index in [-0.39, 0.29) is 11.4 Å². The van der Waals surface area contributed by atoms with E-state index in [0.29, 0.717) is 12.3 Å². The molecule has 1 unspecified atom stereocenters. The number of amides is 1. The molecule has 24 heavy (non-hydrogen) atoms. The van der Waals surface area contributed by atoms with Crippen molar-refractivity contribution in [3.63, 3.8) is 0 Å². The van der Waals surface area contributed by atoms with Crippen LogP contribution in [0.5, 0.6) is 0 Å². The van der Waals surface area contributed by atoms with Crippen molar-refractivity contribution in [3.05, 3.63) is 18.6 Å². The number of hydrogen-bond donors (Lipinski definition) is 1. The summed E-state index contributed by atoms with van der Waals surface area (Å²) in [5, 5.41) is 1.03. The van der Waals surface area contributed by atoms with E-state index in [1.807, 2.05) is 17.2 Å². The van der Waals surface area contributed by atoms with E-state index in [2.05, 4.69) is 49.9 Å². The molecule has 3 atom stereocenters. The molecule has 0 radical (unpaired) electrons. The van der Waals surface area contributed by atoms with Crippen molar-refractivity contribution in [3.8, 4) is 0 Å². The van der Waals surface area contributed by atoms with Crippen LogP contribution in [0.25, 0.3) is 11.0 Å². The van der Waals surface area contributed by atoms with E-state index in [1.54, 1.807) is 6.33 Å². The Balaban J connectivity index is 1.86. The van der Waals surface area contributed by atoms with Crippen molar-refractivity contribution < 1.29 is 4.79 Å². The summed E-state index contributed by atoms with van der Waals surface area (Å²) in [7, 11) is 2.64. The van der Waals surface area contributed by atoms with Gasteiger partial charge in [-0.25, -0.2) is 9.97 Å². The van der Waals surface area contributed by atoms with Crippen LogP contribution in [0, 0.1) is 5.92 Å². The molecular formula is C17H26N5OP. The molecule has 130 valence electrons. The number of nitrogens with zero attached hydrogens (tertiary/aromatic N) is 4. The second kappa shape index (κ2) is 6.67. The standard InChI is InChI=1S/C17H26N5OP/c1-4-21(16-13-5-7-18-15(13)19-11-20-16)10-17(3)12(2)9-22(17)14(23)6-8-24/h5,7,11-12H,4,6,8-10,24H2,1-3H3,(H,18,19,20)/t12-,17-/m0/s1. The van der Waals surface area contributed by atoms with Gasteiger partial charge in [-0.15, -0.1) is 9.24 Å². The largest absolute Gasteiger partial charge is 0.354 e. The highest BCUT2D eigenvalue weighted by atomic mass is 31.0. The maximum Gasteiger partial charge on any atom is 0.223 e. The van der Waals surface area contributed by atoms with Gasteiger partial charge in [0.2, 0.25) is 5.91 Å². The van der Waals surface area contributed by atoms with Crippen LogP contribution < -0.4 is 4.90 Å². The van der Waals surface area contributed by atoms with E-state index in [1.165, 1.54) is 0 Å². The van der Waals surface area contributed by atoms with Gasteiger partial charge in [0.1, 0.15) is 17.8 Å². The first-order chi connectivity index (χ1) is 11.5. The van der Waals surface area contributed by atoms with Gasteiger partial charge < -0.3 is 14.8 Å². The fraction of sp³-hybridized carbons (Fsp3) is 0.588. The zero-order valence-electron chi connectivity index (χ0n) is 14.6. The lowest BCUT2D eigenvalue weighted by molar-refractivity contribution is -0.152. The summed E-state index contributed by atoms with van der Waals surface area (Å²) in [4.78, 5) is 28.6. The van der Waals surface area contributed by atoms with E-state index < -0.39 is 0 Å². The number of H-pyrrole nitrogens is 1. The zero-order chi connectivity index (χ0) is 17.3. The molecule has 2 aromatic heterocycles. The van der Waals surface area contributed by atoms with Crippen molar-refractivity contribution in [1.82, 2.24) is 19.9 Å². The Labute approximate surface area is 145 Å². The quantitative estimate of drug-likeness (QED) is 0.815. The van der Waals surface area contributed by atoms with Crippen molar-refractivity contribution in [2.24, 2.45) is 5.92 Å². The molecule has 2 aromatic rings. The number of aromatic amines is 1. The Morgan fingerprint density at radius 3 is 3.00 bits per heavy atom. The molecule has 1 fully saturated rings. The Morgan fingerprint density at radius 2 is 2.33 bits per heavy atom. The number of carbonyl (C=O) groups is 1. The smallest absolute Gasteiger partial charge is 0.223 e. The average Bonchev–Trinajstić information content (AvgIpc) is 3.06. The lowest BCUT2D eigenvalue weighted by Gasteiger charge is -2.57. The van der Waals surface area contributed by atoms with Gasteiger partial charge in [0.15, 0.2) is 0 Å². The highest BCUT2D eigenvalue weighted by Gasteiger charge is 2.50. The monoisotopic (exact) mass is 347 g/mol. The number of fused-ring (bicyclic) bond motifs is 1. The van der Waals surface area contributed by atoms with Crippen LogP contribution in [-0.4, -0.2) is 57.1 Å². The molecule has 3 heterocycles. The molecule has 0 saturated carbocycles. The molecule has 0 aliphatic carbocycles. The van der Waals surface area contributed by atoms with Crippen molar-refractivity contribution in [2.75, 3.05) is 30.7 Å². The van der Waals surface area contributed by atoms with Gasteiger partial charge in [-0.2, -0.15) is 0 Å². The molecule has 0 spiro atoms. The molecule has 1 aliphatic rings. The highest BCUT2D eigenvalue weighted by Crippen LogP contribution is 2.38. The van der Waals surface area contributed by atoms with Crippen LogP contribution in [0.2, 0.25) is 0 Å². The van der Waals surface area contributed by atoms with Gasteiger partial charge in [-0.1, -0.05) is 6.92 Å². The van der Waals surface area contributed by atoms with Crippen LogP contribution in [0.4, 0.5) is 5.82 Å². The first kappa shape index (κ1) is 17.2. The van der Waals surface area contributed by atoms with Gasteiger partial charge in [0.25, 0.3) is 0 Å². The number of hydrogen-bond acceptors (Lipinski definition) is 4. The summed E-state index contributed by atoms with van der Waals surface area (Å²) in [6.45, 7) is 9.02. The predicted octanol–water partition coefficient (Wildman–Crippen LogP) is 2.29. The third-order valence-electron chi connectivity index (χ3n) is 5.32. The third-order valence-corrected chi connectivity index (χ3v) is 5.61. The minimum Gasteiger partial charge on any atom is -0.354 e. The Kier molecular flexibility index (Phi) is 4.77. The second-order valence-electron chi connectivity index (χ2n) is 6.75. The van der Waals surface area contributed by atoms with Crippen LogP contribution in [0.15, 0.2) is 18.6 Å². The Morgan fingerprint density at radius 1 is 1.54 bits per heavy atom. The summed E-state index contributed by atoms with van der Waals surface area (Å²) in [5.74, 6) is 1.65. The molecular weight excluding hydrogens is 321 g/mol. The third kappa shape index (κ3) is 2.77. The summed E-state index contributed by atoms with van der Waals surface area (Å²) in [6, 6.07) is 2.01. The van der Waals surface area contributed by atoms with E-state index in [9.17, 15) is 4.79 Å². The number of nitrogens with one attached hydrogen (secondary N) is 1. The maximum atomic E-state index is 12.4. The molecule has 1 amide bonds. The molecule has 1 saturated heterocycles. The van der Waals surface area contributed by atoms with Gasteiger partial charge in [0.05, 0.1) is 10.9 Å². The summed E-state index contributed by atoms with van der Waals surface area (Å²) < 4.78 is 0. The van der Waals surface area contributed by atoms with Gasteiger partial charge in [0, 0.05) is 32.3 Å². The van der Waals surface area contributed by atoms with Crippen LogP contribution >= 0.6 is 9.24 Å². The fourth-order valence-electron chi connectivity index (χ4n) is 3.55. The van der Waals surface area contributed by atoms with Crippen molar-refractivity contribution >= 4 is 32.0 Å². The number of anilines is 1. The lowest BCUT2D eigenvalue weighted by atomic mass is 9.75. The minimum absolute atomic E-state index is 0.152. The topological polar surface area (TPSA) is 65.1 Å². The molecule has 6 nitrogen and oxygen atoms in total. The normalized spacial score (nSPS) is 23.3. The molecule has 1 aliphatic heterocycles. The lowest BCUT2D eigenvalue weighted by Crippen LogP contribution is -2.70.